The SMILES string of the molecule is O=P(O)(O)CN(CCCCCCN(CP(=O)(O)O)CP(=O)(O)O)CP(=O)(O)O.[H-].[K+]. The van der Waals surface area contributed by atoms with Gasteiger partial charge in [0.05, 0.1) is 0 Å². The van der Waals surface area contributed by atoms with Crippen molar-refractivity contribution in [2.24, 2.45) is 0 Å². The summed E-state index contributed by atoms with van der Waals surface area (Å²) in [6.45, 7) is 0.0375. The first kappa shape index (κ1) is 33.3. The molecule has 0 aromatic rings. The Morgan fingerprint density at radius 1 is 0.483 bits per heavy atom. The fourth-order valence-electron chi connectivity index (χ4n) is 2.44. The summed E-state index contributed by atoms with van der Waals surface area (Å²) >= 11 is 0. The van der Waals surface area contributed by atoms with Crippen LogP contribution >= 0.6 is 30.4 Å². The van der Waals surface area contributed by atoms with Crippen LogP contribution in [0.2, 0.25) is 0 Å². The Hall–Kier alpha value is 2.16. The van der Waals surface area contributed by atoms with Gasteiger partial charge in [-0.2, -0.15) is 0 Å². The zero-order chi connectivity index (χ0) is 22.2. The predicted octanol–water partition coefficient (Wildman–Crippen LogP) is -3.19. The van der Waals surface area contributed by atoms with E-state index in [4.69, 9.17) is 39.1 Å². The number of unbranched alkanes of at least 4 members (excludes halogenated alkanes) is 3. The van der Waals surface area contributed by atoms with Crippen molar-refractivity contribution in [3.05, 3.63) is 0 Å². The summed E-state index contributed by atoms with van der Waals surface area (Å²) in [6.07, 6.45) is -1.55. The van der Waals surface area contributed by atoms with Crippen LogP contribution in [0, 0.1) is 0 Å². The van der Waals surface area contributed by atoms with Crippen LogP contribution in [-0.2, 0) is 18.3 Å². The molecule has 0 aliphatic carbocycles. The molecule has 0 amide bonds. The van der Waals surface area contributed by atoms with Gasteiger partial charge in [-0.3, -0.25) is 28.1 Å². The molecule has 0 atom stereocenters. The molecule has 29 heavy (non-hydrogen) atoms. The summed E-state index contributed by atoms with van der Waals surface area (Å²) in [5.41, 5.74) is 0. The average molecular weight is 532 g/mol. The maximum absolute atomic E-state index is 11.0. The Morgan fingerprint density at radius 2 is 0.690 bits per heavy atom. The second-order valence-electron chi connectivity index (χ2n) is 6.43. The molecule has 0 unspecified atom stereocenters. The first-order chi connectivity index (χ1) is 12.4. The summed E-state index contributed by atoms with van der Waals surface area (Å²) in [4.78, 5) is 73.6. The van der Waals surface area contributed by atoms with Gasteiger partial charge in [0.2, 0.25) is 0 Å². The molecular formula is C10H29KN2O12P4. The van der Waals surface area contributed by atoms with Crippen molar-refractivity contribution in [3.63, 3.8) is 0 Å². The van der Waals surface area contributed by atoms with Crippen LogP contribution < -0.4 is 51.4 Å². The molecule has 8 N–H and O–H groups in total. The van der Waals surface area contributed by atoms with E-state index in [1.165, 1.54) is 0 Å². The molecule has 0 saturated carbocycles. The largest absolute Gasteiger partial charge is 1.00 e. The van der Waals surface area contributed by atoms with Crippen LogP contribution in [0.4, 0.5) is 0 Å². The maximum atomic E-state index is 11.0. The van der Waals surface area contributed by atoms with Crippen LogP contribution in [0.15, 0.2) is 0 Å². The predicted molar refractivity (Wildman–Crippen MR) is 101 cm³/mol. The van der Waals surface area contributed by atoms with Gasteiger partial charge in [0, 0.05) is 0 Å². The van der Waals surface area contributed by atoms with E-state index in [9.17, 15) is 18.3 Å². The normalized spacial score (nSPS) is 13.7. The van der Waals surface area contributed by atoms with Crippen LogP contribution in [0.1, 0.15) is 27.1 Å². The molecule has 172 valence electrons. The average Bonchev–Trinajstić information content (AvgIpc) is 2.34. The molecule has 19 heteroatoms. The Kier molecular flexibility index (Phi) is 16.6. The van der Waals surface area contributed by atoms with Crippen molar-refractivity contribution >= 4 is 30.4 Å². The van der Waals surface area contributed by atoms with Gasteiger partial charge in [0.1, 0.15) is 25.1 Å². The minimum absolute atomic E-state index is 0. The molecule has 0 fully saturated rings. The fraction of sp³-hybridized carbons (Fsp3) is 1.00. The third-order valence-corrected chi connectivity index (χ3v) is 6.31. The minimum Gasteiger partial charge on any atom is -1.00 e. The number of rotatable bonds is 15. The Morgan fingerprint density at radius 3 is 0.862 bits per heavy atom. The summed E-state index contributed by atoms with van der Waals surface area (Å²) in [6, 6.07) is 0. The van der Waals surface area contributed by atoms with Crippen molar-refractivity contribution in [1.82, 2.24) is 9.80 Å². The molecule has 14 nitrogen and oxygen atoms in total. The Labute approximate surface area is 212 Å². The minimum atomic E-state index is -4.49. The van der Waals surface area contributed by atoms with E-state index >= 15 is 0 Å². The quantitative estimate of drug-likeness (QED) is 0.0590. The van der Waals surface area contributed by atoms with E-state index < -0.39 is 55.5 Å². The molecule has 0 aromatic carbocycles. The molecule has 0 heterocycles. The first-order valence-corrected chi connectivity index (χ1v) is 15.2. The van der Waals surface area contributed by atoms with E-state index in [1.54, 1.807) is 0 Å². The summed E-state index contributed by atoms with van der Waals surface area (Å²) < 4.78 is 44.1. The Bertz CT molecular complexity index is 559. The number of hydrogen-bond acceptors (Lipinski definition) is 6. The maximum Gasteiger partial charge on any atom is 1.00 e. The van der Waals surface area contributed by atoms with Crippen molar-refractivity contribution in [2.75, 3.05) is 38.2 Å². The van der Waals surface area contributed by atoms with E-state index in [0.717, 1.165) is 9.80 Å². The number of hydrogen-bond donors (Lipinski definition) is 8. The van der Waals surface area contributed by atoms with Gasteiger partial charge < -0.3 is 40.6 Å². The van der Waals surface area contributed by atoms with Gasteiger partial charge in [0.15, 0.2) is 0 Å². The second-order valence-corrected chi connectivity index (χ2v) is 12.9. The van der Waals surface area contributed by atoms with E-state index in [-0.39, 0.29) is 65.9 Å². The van der Waals surface area contributed by atoms with Gasteiger partial charge in [-0.1, -0.05) is 12.8 Å². The van der Waals surface area contributed by atoms with Gasteiger partial charge in [-0.25, -0.2) is 0 Å². The molecule has 0 bridgehead atoms. The topological polar surface area (TPSA) is 237 Å². The molecule has 0 saturated heterocycles. The van der Waals surface area contributed by atoms with Crippen LogP contribution in [-0.4, -0.2) is 87.2 Å². The van der Waals surface area contributed by atoms with E-state index in [0.29, 0.717) is 25.7 Å². The molecular weight excluding hydrogens is 503 g/mol. The van der Waals surface area contributed by atoms with Crippen LogP contribution in [0.5, 0.6) is 0 Å². The molecule has 0 spiro atoms. The zero-order valence-corrected chi connectivity index (χ0v) is 22.7. The molecule has 0 aliphatic heterocycles. The standard InChI is InChI=1S/C10H28N2O12P4.K.H/c13-25(14,15)7-11(8-26(16,17)18)5-3-1-2-4-6-12(9-27(19,20)21)10-28(22,23)24;;/h1-10H2,(H2,13,14,15)(H2,16,17,18)(H2,19,20,21)(H2,22,23,24);;/q;+1;-1. The molecule has 0 rings (SSSR count). The number of nitrogens with zero attached hydrogens (tertiary/aromatic N) is 2. The summed E-state index contributed by atoms with van der Waals surface area (Å²) in [5.74, 6) is 0. The summed E-state index contributed by atoms with van der Waals surface area (Å²) in [5, 5.41) is 0. The Balaban J connectivity index is -0.00000364. The van der Waals surface area contributed by atoms with Crippen LogP contribution in [0.25, 0.3) is 0 Å². The third-order valence-electron chi connectivity index (χ3n) is 3.24. The summed E-state index contributed by atoms with van der Waals surface area (Å²) in [7, 11) is -18.0. The van der Waals surface area contributed by atoms with Crippen molar-refractivity contribution in [1.29, 1.82) is 0 Å². The van der Waals surface area contributed by atoms with E-state index in [2.05, 4.69) is 0 Å². The van der Waals surface area contributed by atoms with Gasteiger partial charge in [0.25, 0.3) is 0 Å². The van der Waals surface area contributed by atoms with Gasteiger partial charge in [-0.15, -0.1) is 0 Å². The van der Waals surface area contributed by atoms with Crippen LogP contribution in [0.3, 0.4) is 0 Å². The third kappa shape index (κ3) is 24.6. The van der Waals surface area contributed by atoms with Gasteiger partial charge in [-0.05, 0) is 25.9 Å². The molecule has 0 aromatic heterocycles. The van der Waals surface area contributed by atoms with Crippen molar-refractivity contribution < 1.29 is 110 Å². The van der Waals surface area contributed by atoms with Crippen molar-refractivity contribution in [3.8, 4) is 0 Å². The molecule has 0 aliphatic rings. The zero-order valence-electron chi connectivity index (χ0n) is 17.0. The van der Waals surface area contributed by atoms with Crippen molar-refractivity contribution in [2.45, 2.75) is 25.7 Å². The molecule has 0 radical (unpaired) electrons. The first-order valence-electron chi connectivity index (χ1n) is 7.99. The second kappa shape index (κ2) is 14.4. The monoisotopic (exact) mass is 532 g/mol. The van der Waals surface area contributed by atoms with Gasteiger partial charge >= 0.3 is 81.8 Å². The smallest absolute Gasteiger partial charge is 1.00 e. The van der Waals surface area contributed by atoms with E-state index in [1.807, 2.05) is 0 Å². The fourth-order valence-corrected chi connectivity index (χ4v) is 5.80.